The molecule has 1 atom stereocenters. The van der Waals surface area contributed by atoms with Gasteiger partial charge in [-0.2, -0.15) is 5.10 Å². The molecule has 2 amide bonds. The summed E-state index contributed by atoms with van der Waals surface area (Å²) in [6.07, 6.45) is 3.39. The highest BCUT2D eigenvalue weighted by Gasteiger charge is 2.29. The Bertz CT molecular complexity index is 1530. The molecule has 2 aromatic carbocycles. The summed E-state index contributed by atoms with van der Waals surface area (Å²) in [7, 11) is 0. The number of Topliss-reactive ketones (excluding diaryl/α,β-unsaturated/α-hetero) is 1. The van der Waals surface area contributed by atoms with Crippen LogP contribution < -0.4 is 15.8 Å². The highest BCUT2D eigenvalue weighted by atomic mass is 35.5. The lowest BCUT2D eigenvalue weighted by atomic mass is 10.00. The Kier molecular flexibility index (Phi) is 6.45. The van der Waals surface area contributed by atoms with Crippen LogP contribution >= 0.6 is 11.6 Å². The Morgan fingerprint density at radius 3 is 2.68 bits per heavy atom. The van der Waals surface area contributed by atoms with Crippen LogP contribution in [0.3, 0.4) is 0 Å². The Hall–Kier alpha value is -4.50. The summed E-state index contributed by atoms with van der Waals surface area (Å²) in [4.78, 5) is 42.0. The Balaban J connectivity index is 1.49. The summed E-state index contributed by atoms with van der Waals surface area (Å²) in [6, 6.07) is 14.6. The molecular weight excluding hydrogens is 494 g/mol. The number of fused-ring (bicyclic) bond motifs is 3. The molecule has 1 aliphatic heterocycles. The van der Waals surface area contributed by atoms with Crippen LogP contribution in [0.1, 0.15) is 27.0 Å². The second-order valence-electron chi connectivity index (χ2n) is 8.60. The van der Waals surface area contributed by atoms with Crippen molar-refractivity contribution in [1.29, 1.82) is 0 Å². The molecule has 3 N–H and O–H groups in total. The molecule has 2 aromatic heterocycles. The van der Waals surface area contributed by atoms with E-state index in [2.05, 4.69) is 10.3 Å². The lowest BCUT2D eigenvalue weighted by Crippen LogP contribution is -2.47. The summed E-state index contributed by atoms with van der Waals surface area (Å²) in [5.74, 6) is -1.69. The van der Waals surface area contributed by atoms with E-state index in [4.69, 9.17) is 27.2 Å². The van der Waals surface area contributed by atoms with Crippen LogP contribution in [0.2, 0.25) is 5.02 Å². The van der Waals surface area contributed by atoms with Gasteiger partial charge in [-0.05, 0) is 42.3 Å². The van der Waals surface area contributed by atoms with E-state index in [9.17, 15) is 14.4 Å². The SMILES string of the molecule is Cc1c(Cl)ccc2c1-c1nn(-c3ncccc3C(=O)NC(Cc3ccccc3)C(=O)C(N)=O)cc1CO2. The number of primary amides is 1. The number of nitrogens with zero attached hydrogens (tertiary/aromatic N) is 3. The quantitative estimate of drug-likeness (QED) is 0.364. The number of halogens is 1. The second-order valence-corrected chi connectivity index (χ2v) is 9.01. The largest absolute Gasteiger partial charge is 0.488 e. The predicted octanol–water partition coefficient (Wildman–Crippen LogP) is 3.18. The van der Waals surface area contributed by atoms with E-state index in [1.165, 1.54) is 10.9 Å². The molecule has 3 heterocycles. The third kappa shape index (κ3) is 4.68. The first-order chi connectivity index (χ1) is 17.8. The molecule has 4 aromatic rings. The molecule has 10 heteroatoms. The smallest absolute Gasteiger partial charge is 0.287 e. The predicted molar refractivity (Wildman–Crippen MR) is 136 cm³/mol. The van der Waals surface area contributed by atoms with Crippen LogP contribution in [0.5, 0.6) is 5.75 Å². The van der Waals surface area contributed by atoms with E-state index in [0.29, 0.717) is 23.1 Å². The molecule has 0 saturated heterocycles. The molecule has 0 aliphatic carbocycles. The third-order valence-electron chi connectivity index (χ3n) is 6.17. The number of aromatic nitrogens is 3. The van der Waals surface area contributed by atoms with Gasteiger partial charge in [0.05, 0.1) is 5.56 Å². The Labute approximate surface area is 217 Å². The Morgan fingerprint density at radius 2 is 1.92 bits per heavy atom. The molecule has 1 unspecified atom stereocenters. The van der Waals surface area contributed by atoms with Crippen LogP contribution in [-0.2, 0) is 22.6 Å². The average Bonchev–Trinajstić information content (AvgIpc) is 3.34. The highest BCUT2D eigenvalue weighted by molar-refractivity contribution is 6.38. The maximum Gasteiger partial charge on any atom is 0.287 e. The number of hydrogen-bond donors (Lipinski definition) is 2. The molecule has 9 nitrogen and oxygen atoms in total. The number of benzene rings is 2. The van der Waals surface area contributed by atoms with Crippen LogP contribution in [0, 0.1) is 6.92 Å². The first-order valence-electron chi connectivity index (χ1n) is 11.5. The summed E-state index contributed by atoms with van der Waals surface area (Å²) < 4.78 is 7.38. The molecule has 0 fully saturated rings. The van der Waals surface area contributed by atoms with Crippen LogP contribution in [0.4, 0.5) is 0 Å². The van der Waals surface area contributed by atoms with Crippen molar-refractivity contribution in [3.8, 4) is 22.8 Å². The molecular formula is C27H22ClN5O4. The minimum absolute atomic E-state index is 0.105. The number of nitrogens with one attached hydrogen (secondary N) is 1. The molecule has 5 rings (SSSR count). The van der Waals surface area contributed by atoms with E-state index >= 15 is 0 Å². The lowest BCUT2D eigenvalue weighted by molar-refractivity contribution is -0.137. The van der Waals surface area contributed by atoms with Crippen molar-refractivity contribution < 1.29 is 19.1 Å². The van der Waals surface area contributed by atoms with Gasteiger partial charge in [-0.1, -0.05) is 41.9 Å². The van der Waals surface area contributed by atoms with Gasteiger partial charge >= 0.3 is 0 Å². The molecule has 186 valence electrons. The van der Waals surface area contributed by atoms with Gasteiger partial charge in [-0.3, -0.25) is 14.4 Å². The van der Waals surface area contributed by atoms with Crippen LogP contribution in [-0.4, -0.2) is 38.4 Å². The Morgan fingerprint density at radius 1 is 1.14 bits per heavy atom. The fourth-order valence-electron chi connectivity index (χ4n) is 4.29. The monoisotopic (exact) mass is 515 g/mol. The van der Waals surface area contributed by atoms with Gasteiger partial charge in [-0.25, -0.2) is 9.67 Å². The maximum atomic E-state index is 13.4. The van der Waals surface area contributed by atoms with E-state index in [1.807, 2.05) is 13.0 Å². The van der Waals surface area contributed by atoms with Crippen LogP contribution in [0.15, 0.2) is 67.0 Å². The molecule has 0 radical (unpaired) electrons. The topological polar surface area (TPSA) is 129 Å². The first-order valence-corrected chi connectivity index (χ1v) is 11.9. The number of carbonyl (C=O) groups excluding carboxylic acids is 3. The van der Waals surface area contributed by atoms with E-state index in [-0.39, 0.29) is 17.8 Å². The number of hydrogen-bond acceptors (Lipinski definition) is 6. The zero-order valence-electron chi connectivity index (χ0n) is 19.8. The summed E-state index contributed by atoms with van der Waals surface area (Å²) >= 11 is 6.34. The zero-order valence-corrected chi connectivity index (χ0v) is 20.5. The lowest BCUT2D eigenvalue weighted by Gasteiger charge is -2.18. The highest BCUT2D eigenvalue weighted by Crippen LogP contribution is 2.41. The van der Waals surface area contributed by atoms with Crippen LogP contribution in [0.25, 0.3) is 17.1 Å². The number of rotatable bonds is 7. The maximum absolute atomic E-state index is 13.4. The number of nitrogens with two attached hydrogens (primary N) is 1. The van der Waals surface area contributed by atoms with E-state index in [0.717, 1.165) is 22.3 Å². The molecule has 0 bridgehead atoms. The van der Waals surface area contributed by atoms with Crippen molar-refractivity contribution in [1.82, 2.24) is 20.1 Å². The standard InChI is InChI=1S/C27H22ClN5O4/c1-15-19(28)9-10-21-22(15)23-17(14-37-21)13-33(32-23)26-18(8-5-11-30-26)27(36)31-20(24(34)25(29)35)12-16-6-3-2-4-7-16/h2-11,13,20H,12,14H2,1H3,(H2,29,35)(H,31,36). The fourth-order valence-corrected chi connectivity index (χ4v) is 4.45. The van der Waals surface area contributed by atoms with Crippen molar-refractivity contribution in [2.24, 2.45) is 5.73 Å². The number of carbonyl (C=O) groups is 3. The van der Waals surface area contributed by atoms with Crippen molar-refractivity contribution in [3.05, 3.63) is 94.3 Å². The summed E-state index contributed by atoms with van der Waals surface area (Å²) in [5.41, 5.74) is 9.29. The minimum Gasteiger partial charge on any atom is -0.488 e. The van der Waals surface area contributed by atoms with Gasteiger partial charge in [0.25, 0.3) is 11.8 Å². The molecule has 0 saturated carbocycles. The van der Waals surface area contributed by atoms with Gasteiger partial charge < -0.3 is 15.8 Å². The summed E-state index contributed by atoms with van der Waals surface area (Å²) in [5, 5.41) is 7.96. The van der Waals surface area contributed by atoms with Crippen molar-refractivity contribution >= 4 is 29.2 Å². The van der Waals surface area contributed by atoms with Gasteiger partial charge in [-0.15, -0.1) is 0 Å². The number of pyridine rings is 1. The average molecular weight is 516 g/mol. The van der Waals surface area contributed by atoms with Crippen molar-refractivity contribution in [2.75, 3.05) is 0 Å². The third-order valence-corrected chi connectivity index (χ3v) is 6.58. The molecule has 37 heavy (non-hydrogen) atoms. The zero-order chi connectivity index (χ0) is 26.1. The van der Waals surface area contributed by atoms with E-state index < -0.39 is 23.6 Å². The molecule has 1 aliphatic rings. The van der Waals surface area contributed by atoms with Gasteiger partial charge in [0.2, 0.25) is 5.78 Å². The second kappa shape index (κ2) is 9.87. The van der Waals surface area contributed by atoms with Crippen molar-refractivity contribution in [2.45, 2.75) is 26.0 Å². The van der Waals surface area contributed by atoms with Gasteiger partial charge in [0.1, 0.15) is 24.1 Å². The normalized spacial score (nSPS) is 12.6. The first kappa shape index (κ1) is 24.2. The number of ether oxygens (including phenoxy) is 1. The van der Waals surface area contributed by atoms with Gasteiger partial charge in [0, 0.05) is 35.0 Å². The number of amides is 2. The van der Waals surface area contributed by atoms with E-state index in [1.54, 1.807) is 54.7 Å². The van der Waals surface area contributed by atoms with Crippen molar-refractivity contribution in [3.63, 3.8) is 0 Å². The van der Waals surface area contributed by atoms with Gasteiger partial charge in [0.15, 0.2) is 5.82 Å². The number of ketones is 1. The fraction of sp³-hybridized carbons (Fsp3) is 0.148. The summed E-state index contributed by atoms with van der Waals surface area (Å²) in [6.45, 7) is 2.19. The molecule has 0 spiro atoms. The minimum atomic E-state index is -1.14.